The Bertz CT molecular complexity index is 1450. The summed E-state index contributed by atoms with van der Waals surface area (Å²) in [6, 6.07) is 15.1. The summed E-state index contributed by atoms with van der Waals surface area (Å²) in [5.74, 6) is -2.81. The molecule has 2 aliphatic heterocycles. The molecule has 0 bridgehead atoms. The molecule has 0 fully saturated rings. The topological polar surface area (TPSA) is 100 Å². The van der Waals surface area contributed by atoms with Crippen LogP contribution in [0, 0.1) is 11.6 Å². The fraction of sp³-hybridized carbons (Fsp3) is 0.276. The first-order valence-electron chi connectivity index (χ1n) is 12.6. The standard InChI is InChI=1S/C29H29F2N5O3/c1-35(2)10-9-26(37)39-16-20-12-23(30)24(31)13-21(20)17-7-8-25-22(11-17)27(34-29(32)33-25)28(38)36-14-18-5-3-4-6-19(18)15-36/h3-8,11-13,29,33H,9-10,14-16,32H2,1-2H3. The lowest BCUT2D eigenvalue weighted by Gasteiger charge is -2.26. The zero-order chi connectivity index (χ0) is 27.7. The fourth-order valence-electron chi connectivity index (χ4n) is 4.75. The number of carbonyl (C=O) groups is 2. The van der Waals surface area contributed by atoms with Crippen molar-refractivity contribution in [2.75, 3.05) is 26.0 Å². The van der Waals surface area contributed by atoms with Gasteiger partial charge in [-0.3, -0.25) is 15.3 Å². The number of anilines is 1. The number of aliphatic imine (C=N–C) groups is 1. The van der Waals surface area contributed by atoms with E-state index in [1.54, 1.807) is 23.1 Å². The quantitative estimate of drug-likeness (QED) is 0.450. The van der Waals surface area contributed by atoms with E-state index >= 15 is 0 Å². The number of nitrogens with one attached hydrogen (secondary N) is 1. The summed E-state index contributed by atoms with van der Waals surface area (Å²) in [4.78, 5) is 33.7. The lowest BCUT2D eigenvalue weighted by Crippen LogP contribution is -2.40. The van der Waals surface area contributed by atoms with Gasteiger partial charge >= 0.3 is 5.97 Å². The predicted octanol–water partition coefficient (Wildman–Crippen LogP) is 3.63. The van der Waals surface area contributed by atoms with Crippen LogP contribution in [0.25, 0.3) is 11.1 Å². The molecule has 3 aromatic carbocycles. The molecule has 1 unspecified atom stereocenters. The van der Waals surface area contributed by atoms with Crippen LogP contribution in [0.5, 0.6) is 0 Å². The Morgan fingerprint density at radius 2 is 1.74 bits per heavy atom. The van der Waals surface area contributed by atoms with Gasteiger partial charge < -0.3 is 19.9 Å². The minimum atomic E-state index is -1.05. The van der Waals surface area contributed by atoms with E-state index in [0.717, 1.165) is 23.3 Å². The van der Waals surface area contributed by atoms with Crippen LogP contribution in [0.1, 0.15) is 28.7 Å². The van der Waals surface area contributed by atoms with E-state index < -0.39 is 23.9 Å². The van der Waals surface area contributed by atoms with Gasteiger partial charge in [0.15, 0.2) is 17.9 Å². The number of esters is 1. The van der Waals surface area contributed by atoms with Crippen LogP contribution < -0.4 is 11.1 Å². The van der Waals surface area contributed by atoms with Gasteiger partial charge in [0.25, 0.3) is 5.91 Å². The second-order valence-electron chi connectivity index (χ2n) is 9.89. The van der Waals surface area contributed by atoms with Gasteiger partial charge in [-0.1, -0.05) is 30.3 Å². The Labute approximate surface area is 225 Å². The molecule has 1 atom stereocenters. The van der Waals surface area contributed by atoms with Crippen molar-refractivity contribution in [1.82, 2.24) is 9.80 Å². The Morgan fingerprint density at radius 3 is 2.44 bits per heavy atom. The van der Waals surface area contributed by atoms with Gasteiger partial charge in [0.1, 0.15) is 12.3 Å². The van der Waals surface area contributed by atoms with Crippen molar-refractivity contribution in [2.24, 2.45) is 10.7 Å². The summed E-state index contributed by atoms with van der Waals surface area (Å²) in [5.41, 5.74) is 10.6. The molecular formula is C29H29F2N5O3. The molecule has 39 heavy (non-hydrogen) atoms. The van der Waals surface area contributed by atoms with Crippen molar-refractivity contribution in [3.05, 3.63) is 88.5 Å². The van der Waals surface area contributed by atoms with E-state index in [-0.39, 0.29) is 24.6 Å². The first kappa shape index (κ1) is 26.5. The maximum Gasteiger partial charge on any atom is 0.307 e. The van der Waals surface area contributed by atoms with Gasteiger partial charge in [-0.25, -0.2) is 13.8 Å². The first-order valence-corrected chi connectivity index (χ1v) is 12.6. The molecule has 0 saturated carbocycles. The fourth-order valence-corrected chi connectivity index (χ4v) is 4.75. The zero-order valence-electron chi connectivity index (χ0n) is 21.7. The molecular weight excluding hydrogens is 504 g/mol. The summed E-state index contributed by atoms with van der Waals surface area (Å²) in [6.07, 6.45) is -0.647. The normalized spacial score (nSPS) is 15.9. The molecule has 0 radical (unpaired) electrons. The maximum atomic E-state index is 14.4. The maximum absolute atomic E-state index is 14.4. The van der Waals surface area contributed by atoms with Crippen molar-refractivity contribution in [3.63, 3.8) is 0 Å². The summed E-state index contributed by atoms with van der Waals surface area (Å²) in [7, 11) is 3.67. The van der Waals surface area contributed by atoms with Crippen LogP contribution in [0.3, 0.4) is 0 Å². The number of nitrogens with two attached hydrogens (primary N) is 1. The van der Waals surface area contributed by atoms with E-state index in [4.69, 9.17) is 10.5 Å². The van der Waals surface area contributed by atoms with Crippen molar-refractivity contribution < 1.29 is 23.1 Å². The minimum absolute atomic E-state index is 0.166. The van der Waals surface area contributed by atoms with Crippen LogP contribution in [-0.2, 0) is 34.0 Å². The van der Waals surface area contributed by atoms with Crippen LogP contribution in [0.2, 0.25) is 0 Å². The highest BCUT2D eigenvalue weighted by atomic mass is 19.2. The lowest BCUT2D eigenvalue weighted by atomic mass is 9.94. The molecule has 1 amide bonds. The molecule has 0 aromatic heterocycles. The number of benzene rings is 3. The molecule has 2 heterocycles. The van der Waals surface area contributed by atoms with Crippen molar-refractivity contribution in [1.29, 1.82) is 0 Å². The molecule has 3 N–H and O–H groups in total. The monoisotopic (exact) mass is 533 g/mol. The molecule has 10 heteroatoms. The summed E-state index contributed by atoms with van der Waals surface area (Å²) >= 11 is 0. The lowest BCUT2D eigenvalue weighted by molar-refractivity contribution is -0.145. The van der Waals surface area contributed by atoms with Gasteiger partial charge in [-0.2, -0.15) is 0 Å². The van der Waals surface area contributed by atoms with Crippen molar-refractivity contribution >= 4 is 23.3 Å². The highest BCUT2D eigenvalue weighted by molar-refractivity contribution is 6.46. The smallest absolute Gasteiger partial charge is 0.307 e. The summed E-state index contributed by atoms with van der Waals surface area (Å²) in [6.45, 7) is 1.18. The van der Waals surface area contributed by atoms with Crippen LogP contribution in [0.4, 0.5) is 14.5 Å². The van der Waals surface area contributed by atoms with E-state index in [1.807, 2.05) is 43.3 Å². The van der Waals surface area contributed by atoms with E-state index in [1.165, 1.54) is 0 Å². The van der Waals surface area contributed by atoms with E-state index in [2.05, 4.69) is 10.3 Å². The minimum Gasteiger partial charge on any atom is -0.461 e. The number of amides is 1. The van der Waals surface area contributed by atoms with Crippen molar-refractivity contribution in [2.45, 2.75) is 32.4 Å². The number of carbonyl (C=O) groups excluding carboxylic acids is 2. The van der Waals surface area contributed by atoms with Crippen LogP contribution >= 0.6 is 0 Å². The van der Waals surface area contributed by atoms with Gasteiger partial charge in [-0.05, 0) is 60.6 Å². The molecule has 202 valence electrons. The van der Waals surface area contributed by atoms with Crippen LogP contribution in [0.15, 0.2) is 59.6 Å². The molecule has 2 aliphatic rings. The summed E-state index contributed by atoms with van der Waals surface area (Å²) in [5, 5.41) is 3.04. The number of hydrogen-bond acceptors (Lipinski definition) is 7. The number of ether oxygens (including phenoxy) is 1. The molecule has 0 saturated heterocycles. The van der Waals surface area contributed by atoms with Gasteiger partial charge in [-0.15, -0.1) is 0 Å². The molecule has 8 nitrogen and oxygen atoms in total. The van der Waals surface area contributed by atoms with Gasteiger partial charge in [0.05, 0.1) is 6.42 Å². The SMILES string of the molecule is CN(C)CCC(=O)OCc1cc(F)c(F)cc1-c1ccc2c(c1)C(C(=O)N1Cc3ccccc3C1)=NC(N)N2. The Hall–Kier alpha value is -4.15. The first-order chi connectivity index (χ1) is 18.7. The van der Waals surface area contributed by atoms with Crippen molar-refractivity contribution in [3.8, 4) is 11.1 Å². The Balaban J connectivity index is 1.45. The number of halogens is 2. The number of hydrogen-bond donors (Lipinski definition) is 2. The number of nitrogens with zero attached hydrogens (tertiary/aromatic N) is 3. The molecule has 0 aliphatic carbocycles. The third-order valence-electron chi connectivity index (χ3n) is 6.79. The number of rotatable bonds is 7. The molecule has 5 rings (SSSR count). The molecule has 0 spiro atoms. The highest BCUT2D eigenvalue weighted by Crippen LogP contribution is 2.33. The average Bonchev–Trinajstić information content (AvgIpc) is 3.35. The van der Waals surface area contributed by atoms with Gasteiger partial charge in [0, 0.05) is 36.4 Å². The zero-order valence-corrected chi connectivity index (χ0v) is 21.7. The van der Waals surface area contributed by atoms with E-state index in [9.17, 15) is 18.4 Å². The summed E-state index contributed by atoms with van der Waals surface area (Å²) < 4.78 is 33.9. The second-order valence-corrected chi connectivity index (χ2v) is 9.89. The largest absolute Gasteiger partial charge is 0.461 e. The highest BCUT2D eigenvalue weighted by Gasteiger charge is 2.31. The third-order valence-corrected chi connectivity index (χ3v) is 6.79. The van der Waals surface area contributed by atoms with E-state index in [0.29, 0.717) is 47.6 Å². The number of fused-ring (bicyclic) bond motifs is 2. The van der Waals surface area contributed by atoms with Crippen LogP contribution in [-0.4, -0.2) is 54.3 Å². The Morgan fingerprint density at radius 1 is 1.05 bits per heavy atom. The second kappa shape index (κ2) is 10.9. The Kier molecular flexibility index (Phi) is 7.40. The van der Waals surface area contributed by atoms with Gasteiger partial charge in [0.2, 0.25) is 0 Å². The third kappa shape index (κ3) is 5.67. The average molecular weight is 534 g/mol. The molecule has 3 aromatic rings. The predicted molar refractivity (Wildman–Crippen MR) is 144 cm³/mol.